The first kappa shape index (κ1) is 18.9. The fourth-order valence-corrected chi connectivity index (χ4v) is 12.7. The Kier molecular flexibility index (Phi) is 6.60. The number of rotatable bonds is 5. The molecule has 2 aromatic rings. The maximum absolute atomic E-state index is 6.40. The maximum Gasteiger partial charge on any atom is 0.348 e. The Morgan fingerprint density at radius 3 is 1.00 bits per heavy atom. The monoisotopic (exact) mass is 446 g/mol. The first-order valence-electron chi connectivity index (χ1n) is 6.44. The van der Waals surface area contributed by atoms with Crippen LogP contribution in [0, 0.1) is 0 Å². The number of halogens is 6. The minimum atomic E-state index is -3.19. The van der Waals surface area contributed by atoms with Crippen LogP contribution >= 0.6 is 66.5 Å². The summed E-state index contributed by atoms with van der Waals surface area (Å²) in [6, 6.07) is 12.7. The van der Waals surface area contributed by atoms with Crippen molar-refractivity contribution in [1.82, 2.24) is 0 Å². The van der Waals surface area contributed by atoms with E-state index in [0.717, 1.165) is 11.1 Å². The predicted molar refractivity (Wildman–Crippen MR) is 105 cm³/mol. The molecule has 0 aliphatic rings. The van der Waals surface area contributed by atoms with Crippen molar-refractivity contribution in [3.05, 3.63) is 71.8 Å². The second-order valence-electron chi connectivity index (χ2n) is 4.86. The molecule has 0 N–H and O–H groups in total. The molecule has 0 amide bonds. The van der Waals surface area contributed by atoms with Gasteiger partial charge in [-0.1, -0.05) is 60.7 Å². The molecule has 2 rings (SSSR count). The molecule has 0 saturated carbocycles. The van der Waals surface area contributed by atoms with Crippen LogP contribution in [0.1, 0.15) is 22.2 Å². The molecule has 0 aromatic heterocycles. The van der Waals surface area contributed by atoms with Crippen LogP contribution in [-0.4, -0.2) is 12.0 Å². The average molecular weight is 449 g/mol. The minimum Gasteiger partial charge on any atom is -0.125 e. The Morgan fingerprint density at radius 2 is 0.773 bits per heavy atom. The second-order valence-corrected chi connectivity index (χ2v) is 22.5. The summed E-state index contributed by atoms with van der Waals surface area (Å²) in [7, 11) is 0. The molecule has 0 spiro atoms. The normalized spacial score (nSPS) is 15.4. The standard InChI is InChI=1S/C14H12Cl6Si2/c15-21(16,17)13(11-7-3-1-4-8-11)14(22(18,19)20)12-9-5-2-6-10-12/h1-10,13-14H/t13-,14?/m1/s1. The van der Waals surface area contributed by atoms with Crippen LogP contribution < -0.4 is 0 Å². The van der Waals surface area contributed by atoms with Gasteiger partial charge in [-0.2, -0.15) is 0 Å². The van der Waals surface area contributed by atoms with Crippen LogP contribution in [-0.2, 0) is 0 Å². The first-order valence-corrected chi connectivity index (χ1v) is 16.7. The SMILES string of the molecule is Cl[Si](Cl)(Cl)C(c1ccccc1)[C@@H](c1ccccc1)[Si](Cl)(Cl)Cl. The molecular formula is C14H12Cl6Si2. The van der Waals surface area contributed by atoms with E-state index < -0.39 is 23.1 Å². The van der Waals surface area contributed by atoms with Crippen molar-refractivity contribution in [3.8, 4) is 0 Å². The highest BCUT2D eigenvalue weighted by Gasteiger charge is 2.52. The van der Waals surface area contributed by atoms with Crippen LogP contribution in [0.3, 0.4) is 0 Å². The summed E-state index contributed by atoms with van der Waals surface area (Å²) in [6.45, 7) is 0. The number of hydrogen-bond acceptors (Lipinski definition) is 0. The lowest BCUT2D eigenvalue weighted by molar-refractivity contribution is 0.858. The average Bonchev–Trinajstić information content (AvgIpc) is 2.44. The van der Waals surface area contributed by atoms with Gasteiger partial charge in [0, 0.05) is 11.1 Å². The van der Waals surface area contributed by atoms with Gasteiger partial charge >= 0.3 is 12.0 Å². The second kappa shape index (κ2) is 7.67. The molecule has 0 aliphatic heterocycles. The Morgan fingerprint density at radius 1 is 0.500 bits per heavy atom. The van der Waals surface area contributed by atoms with Gasteiger partial charge in [0.25, 0.3) is 0 Å². The van der Waals surface area contributed by atoms with E-state index in [-0.39, 0.29) is 0 Å². The van der Waals surface area contributed by atoms with Crippen LogP contribution in [0.4, 0.5) is 0 Å². The van der Waals surface area contributed by atoms with Gasteiger partial charge in [0.1, 0.15) is 0 Å². The quantitative estimate of drug-likeness (QED) is 0.343. The Hall–Kier alpha value is 0.614. The van der Waals surface area contributed by atoms with Crippen LogP contribution in [0.15, 0.2) is 60.7 Å². The fourth-order valence-electron chi connectivity index (χ4n) is 2.46. The molecule has 118 valence electrons. The van der Waals surface area contributed by atoms with Crippen LogP contribution in [0.25, 0.3) is 0 Å². The molecule has 22 heavy (non-hydrogen) atoms. The zero-order valence-electron chi connectivity index (χ0n) is 11.2. The molecule has 2 atom stereocenters. The van der Waals surface area contributed by atoms with Gasteiger partial charge in [-0.05, 0) is 11.1 Å². The summed E-state index contributed by atoms with van der Waals surface area (Å²) < 4.78 is 0. The predicted octanol–water partition coefficient (Wildman–Crippen LogP) is 6.94. The Balaban J connectivity index is 2.60. The summed E-state index contributed by atoms with van der Waals surface area (Å²) in [6.07, 6.45) is 0. The van der Waals surface area contributed by atoms with Gasteiger partial charge in [-0.3, -0.25) is 0 Å². The molecule has 0 aliphatic carbocycles. The van der Waals surface area contributed by atoms with E-state index in [1.807, 2.05) is 60.7 Å². The van der Waals surface area contributed by atoms with Gasteiger partial charge in [-0.15, -0.1) is 66.5 Å². The molecule has 0 bridgehead atoms. The highest BCUT2D eigenvalue weighted by atomic mass is 35.8. The fraction of sp³-hybridized carbons (Fsp3) is 0.143. The lowest BCUT2D eigenvalue weighted by atomic mass is 10.0. The highest BCUT2D eigenvalue weighted by molar-refractivity contribution is 7.67. The summed E-state index contributed by atoms with van der Waals surface area (Å²) in [5.41, 5.74) is 0.948. The van der Waals surface area contributed by atoms with Gasteiger partial charge in [0.2, 0.25) is 0 Å². The van der Waals surface area contributed by atoms with Crippen molar-refractivity contribution >= 4 is 78.5 Å². The molecule has 8 heteroatoms. The van der Waals surface area contributed by atoms with Crippen LogP contribution in [0.2, 0.25) is 0 Å². The van der Waals surface area contributed by atoms with Crippen molar-refractivity contribution in [2.45, 2.75) is 11.1 Å². The maximum atomic E-state index is 6.40. The molecule has 0 heterocycles. The van der Waals surface area contributed by atoms with E-state index in [1.54, 1.807) is 0 Å². The number of benzene rings is 2. The van der Waals surface area contributed by atoms with Gasteiger partial charge in [0.15, 0.2) is 0 Å². The third kappa shape index (κ3) is 4.81. The Bertz CT molecular complexity index is 539. The first-order chi connectivity index (χ1) is 10.2. The number of hydrogen-bond donors (Lipinski definition) is 0. The van der Waals surface area contributed by atoms with E-state index >= 15 is 0 Å². The zero-order chi connectivity index (χ0) is 16.4. The van der Waals surface area contributed by atoms with Crippen molar-refractivity contribution in [2.75, 3.05) is 0 Å². The van der Waals surface area contributed by atoms with E-state index in [2.05, 4.69) is 0 Å². The van der Waals surface area contributed by atoms with Crippen molar-refractivity contribution in [3.63, 3.8) is 0 Å². The Labute approximate surface area is 160 Å². The van der Waals surface area contributed by atoms with E-state index in [9.17, 15) is 0 Å². The third-order valence-corrected chi connectivity index (χ3v) is 10.7. The molecule has 0 fully saturated rings. The summed E-state index contributed by atoms with van der Waals surface area (Å²) in [5.74, 6) is 0. The molecule has 0 saturated heterocycles. The van der Waals surface area contributed by atoms with Gasteiger partial charge in [0.05, 0.1) is 0 Å². The minimum absolute atomic E-state index is 0.416. The van der Waals surface area contributed by atoms with Crippen molar-refractivity contribution in [2.24, 2.45) is 0 Å². The van der Waals surface area contributed by atoms with Crippen LogP contribution in [0.5, 0.6) is 0 Å². The molecule has 1 unspecified atom stereocenters. The highest BCUT2D eigenvalue weighted by Crippen LogP contribution is 2.52. The van der Waals surface area contributed by atoms with Gasteiger partial charge < -0.3 is 0 Å². The molecule has 0 radical (unpaired) electrons. The summed E-state index contributed by atoms with van der Waals surface area (Å²) in [4.78, 5) is 0. The van der Waals surface area contributed by atoms with E-state index in [1.165, 1.54) is 0 Å². The van der Waals surface area contributed by atoms with Gasteiger partial charge in [-0.25, -0.2) is 0 Å². The molecule has 2 aromatic carbocycles. The van der Waals surface area contributed by atoms with Crippen molar-refractivity contribution < 1.29 is 0 Å². The lowest BCUT2D eigenvalue weighted by Gasteiger charge is -2.34. The topological polar surface area (TPSA) is 0 Å². The van der Waals surface area contributed by atoms with E-state index in [0.29, 0.717) is 0 Å². The summed E-state index contributed by atoms with van der Waals surface area (Å²) >= 11 is 38.4. The van der Waals surface area contributed by atoms with E-state index in [4.69, 9.17) is 66.5 Å². The molecular weight excluding hydrogens is 437 g/mol. The smallest absolute Gasteiger partial charge is 0.125 e. The third-order valence-electron chi connectivity index (χ3n) is 3.36. The largest absolute Gasteiger partial charge is 0.348 e. The molecule has 0 nitrogen and oxygen atoms in total. The summed E-state index contributed by atoms with van der Waals surface area (Å²) in [5, 5.41) is 0. The lowest BCUT2D eigenvalue weighted by Crippen LogP contribution is -2.38. The van der Waals surface area contributed by atoms with Crippen molar-refractivity contribution in [1.29, 1.82) is 0 Å². The zero-order valence-corrected chi connectivity index (χ0v) is 17.7.